The predicted octanol–water partition coefficient (Wildman–Crippen LogP) is 4.32. The van der Waals surface area contributed by atoms with E-state index >= 15 is 0 Å². The Labute approximate surface area is 176 Å². The molecule has 152 valence electrons. The van der Waals surface area contributed by atoms with Crippen molar-refractivity contribution in [1.82, 2.24) is 20.0 Å². The number of hydrogen-bond donors (Lipinski definition) is 2. The van der Waals surface area contributed by atoms with E-state index in [1.165, 1.54) is 11.3 Å². The number of aliphatic hydroxyl groups excluding tert-OH is 1. The third-order valence-electron chi connectivity index (χ3n) is 4.95. The maximum atomic E-state index is 8.93. The van der Waals surface area contributed by atoms with Crippen molar-refractivity contribution >= 4 is 11.8 Å². The van der Waals surface area contributed by atoms with Gasteiger partial charge in [-0.2, -0.15) is 0 Å². The Morgan fingerprint density at radius 3 is 2.57 bits per heavy atom. The minimum Gasteiger partial charge on any atom is -0.396 e. The van der Waals surface area contributed by atoms with Crippen LogP contribution >= 0.6 is 0 Å². The SMILES string of the molecule is OCCCc1cn(-c2ccc(NC3=CC=C(/C=C/c4ccncc4)CC3)cc2)nn1. The molecule has 0 radical (unpaired) electrons. The van der Waals surface area contributed by atoms with E-state index in [9.17, 15) is 0 Å². The number of hydrogen-bond acceptors (Lipinski definition) is 5. The van der Waals surface area contributed by atoms with Crippen molar-refractivity contribution in [3.8, 4) is 5.69 Å². The van der Waals surface area contributed by atoms with Crippen LogP contribution in [0.2, 0.25) is 0 Å². The third-order valence-corrected chi connectivity index (χ3v) is 4.95. The van der Waals surface area contributed by atoms with Crippen molar-refractivity contribution in [2.24, 2.45) is 0 Å². The van der Waals surface area contributed by atoms with Gasteiger partial charge in [0.1, 0.15) is 0 Å². The molecule has 0 atom stereocenters. The van der Waals surface area contributed by atoms with Gasteiger partial charge in [-0.3, -0.25) is 4.98 Å². The Hall–Kier alpha value is -3.51. The second-order valence-electron chi connectivity index (χ2n) is 7.20. The van der Waals surface area contributed by atoms with Crippen molar-refractivity contribution in [1.29, 1.82) is 0 Å². The van der Waals surface area contributed by atoms with Crippen LogP contribution in [-0.2, 0) is 6.42 Å². The maximum absolute atomic E-state index is 8.93. The summed E-state index contributed by atoms with van der Waals surface area (Å²) in [6, 6.07) is 12.1. The number of benzene rings is 1. The van der Waals surface area contributed by atoms with E-state index in [1.807, 2.05) is 42.6 Å². The summed E-state index contributed by atoms with van der Waals surface area (Å²) in [4.78, 5) is 4.04. The molecule has 0 saturated carbocycles. The van der Waals surface area contributed by atoms with E-state index in [-0.39, 0.29) is 6.61 Å². The van der Waals surface area contributed by atoms with E-state index in [1.54, 1.807) is 17.1 Å². The number of anilines is 1. The van der Waals surface area contributed by atoms with Gasteiger partial charge in [-0.15, -0.1) is 5.10 Å². The molecule has 30 heavy (non-hydrogen) atoms. The van der Waals surface area contributed by atoms with Crippen LogP contribution in [0.25, 0.3) is 11.8 Å². The molecule has 1 aromatic carbocycles. The van der Waals surface area contributed by atoms with Crippen LogP contribution in [0.5, 0.6) is 0 Å². The first-order valence-corrected chi connectivity index (χ1v) is 10.2. The van der Waals surface area contributed by atoms with Gasteiger partial charge in [-0.1, -0.05) is 23.4 Å². The zero-order chi connectivity index (χ0) is 20.6. The lowest BCUT2D eigenvalue weighted by molar-refractivity contribution is 0.288. The Balaban J connectivity index is 1.35. The van der Waals surface area contributed by atoms with Crippen LogP contribution in [-0.4, -0.2) is 31.7 Å². The van der Waals surface area contributed by atoms with E-state index < -0.39 is 0 Å². The number of aryl methyl sites for hydroxylation is 1. The van der Waals surface area contributed by atoms with Crippen LogP contribution < -0.4 is 5.32 Å². The first-order chi connectivity index (χ1) is 14.8. The monoisotopic (exact) mass is 399 g/mol. The van der Waals surface area contributed by atoms with Crippen molar-refractivity contribution < 1.29 is 5.11 Å². The first-order valence-electron chi connectivity index (χ1n) is 10.2. The number of pyridine rings is 1. The molecule has 2 N–H and O–H groups in total. The highest BCUT2D eigenvalue weighted by Crippen LogP contribution is 2.23. The van der Waals surface area contributed by atoms with E-state index in [4.69, 9.17) is 5.11 Å². The molecule has 6 nitrogen and oxygen atoms in total. The minimum absolute atomic E-state index is 0.167. The molecule has 6 heteroatoms. The minimum atomic E-state index is 0.167. The highest BCUT2D eigenvalue weighted by Gasteiger charge is 2.06. The van der Waals surface area contributed by atoms with Gasteiger partial charge < -0.3 is 10.4 Å². The Kier molecular flexibility index (Phi) is 6.47. The molecule has 0 spiro atoms. The first kappa shape index (κ1) is 19.8. The molecule has 0 amide bonds. The van der Waals surface area contributed by atoms with Gasteiger partial charge in [0.25, 0.3) is 0 Å². The van der Waals surface area contributed by atoms with Crippen LogP contribution in [0, 0.1) is 0 Å². The average Bonchev–Trinajstić information content (AvgIpc) is 3.27. The highest BCUT2D eigenvalue weighted by molar-refractivity contribution is 5.55. The summed E-state index contributed by atoms with van der Waals surface area (Å²) in [6.45, 7) is 0.167. The smallest absolute Gasteiger partial charge is 0.0832 e. The molecule has 1 aliphatic carbocycles. The summed E-state index contributed by atoms with van der Waals surface area (Å²) in [7, 11) is 0. The second kappa shape index (κ2) is 9.80. The lowest BCUT2D eigenvalue weighted by Gasteiger charge is -2.15. The van der Waals surface area contributed by atoms with Crippen LogP contribution in [0.15, 0.2) is 84.5 Å². The third kappa shape index (κ3) is 5.30. The predicted molar refractivity (Wildman–Crippen MR) is 119 cm³/mol. The number of aromatic nitrogens is 4. The molecule has 4 rings (SSSR count). The van der Waals surface area contributed by atoms with Crippen LogP contribution in [0.4, 0.5) is 5.69 Å². The summed E-state index contributed by atoms with van der Waals surface area (Å²) in [6.07, 6.45) is 17.6. The topological polar surface area (TPSA) is 75.9 Å². The number of rotatable bonds is 8. The molecule has 0 unspecified atom stereocenters. The van der Waals surface area contributed by atoms with E-state index in [0.29, 0.717) is 6.42 Å². The molecule has 0 fully saturated rings. The van der Waals surface area contributed by atoms with Crippen molar-refractivity contribution in [3.05, 3.63) is 95.7 Å². The molecule has 0 saturated heterocycles. The summed E-state index contributed by atoms with van der Waals surface area (Å²) >= 11 is 0. The van der Waals surface area contributed by atoms with Gasteiger partial charge in [0.15, 0.2) is 0 Å². The van der Waals surface area contributed by atoms with Gasteiger partial charge in [0, 0.05) is 30.4 Å². The van der Waals surface area contributed by atoms with E-state index in [0.717, 1.165) is 41.9 Å². The average molecular weight is 399 g/mol. The van der Waals surface area contributed by atoms with Crippen molar-refractivity contribution in [3.63, 3.8) is 0 Å². The standard InChI is InChI=1S/C24H25N5O/c30-17-1-2-23-18-29(28-27-23)24-11-9-22(10-12-24)26-21-7-5-19(6-8-21)3-4-20-13-15-25-16-14-20/h3-5,7,9-16,18,26,30H,1-2,6,8,17H2/b4-3+. The fraction of sp³-hybridized carbons (Fsp3) is 0.208. The molecule has 3 aromatic rings. The lowest BCUT2D eigenvalue weighted by atomic mass is 10.0. The lowest BCUT2D eigenvalue weighted by Crippen LogP contribution is -2.03. The largest absolute Gasteiger partial charge is 0.396 e. The molecule has 0 bridgehead atoms. The van der Waals surface area contributed by atoms with E-state index in [2.05, 4.69) is 44.9 Å². The van der Waals surface area contributed by atoms with Crippen molar-refractivity contribution in [2.45, 2.75) is 25.7 Å². The summed E-state index contributed by atoms with van der Waals surface area (Å²) in [5, 5.41) is 20.7. The second-order valence-corrected chi connectivity index (χ2v) is 7.20. The zero-order valence-electron chi connectivity index (χ0n) is 16.8. The molecule has 1 aliphatic rings. The molecule has 0 aliphatic heterocycles. The van der Waals surface area contributed by atoms with Crippen LogP contribution in [0.3, 0.4) is 0 Å². The maximum Gasteiger partial charge on any atom is 0.0832 e. The van der Waals surface area contributed by atoms with Gasteiger partial charge >= 0.3 is 0 Å². The normalized spacial score (nSPS) is 13.9. The molecular weight excluding hydrogens is 374 g/mol. The van der Waals surface area contributed by atoms with Crippen molar-refractivity contribution in [2.75, 3.05) is 11.9 Å². The summed E-state index contributed by atoms with van der Waals surface area (Å²) < 4.78 is 1.76. The van der Waals surface area contributed by atoms with Gasteiger partial charge in [0.2, 0.25) is 0 Å². The molecular formula is C24H25N5O. The molecule has 2 heterocycles. The van der Waals surface area contributed by atoms with Gasteiger partial charge in [-0.25, -0.2) is 4.68 Å². The quantitative estimate of drug-likeness (QED) is 0.590. The fourth-order valence-electron chi connectivity index (χ4n) is 3.26. The Morgan fingerprint density at radius 2 is 1.83 bits per heavy atom. The number of nitrogens with one attached hydrogen (secondary N) is 1. The zero-order valence-corrected chi connectivity index (χ0v) is 16.8. The Bertz CT molecular complexity index is 1050. The number of nitrogens with zero attached hydrogens (tertiary/aromatic N) is 4. The molecule has 2 aromatic heterocycles. The Morgan fingerprint density at radius 1 is 1.00 bits per heavy atom. The van der Waals surface area contributed by atoms with Crippen LogP contribution in [0.1, 0.15) is 30.5 Å². The summed E-state index contributed by atoms with van der Waals surface area (Å²) in [5.41, 5.74) is 6.58. The summed E-state index contributed by atoms with van der Waals surface area (Å²) in [5.74, 6) is 0. The van der Waals surface area contributed by atoms with Gasteiger partial charge in [0.05, 0.1) is 17.6 Å². The van der Waals surface area contributed by atoms with Gasteiger partial charge in [-0.05, 0) is 79.3 Å². The highest BCUT2D eigenvalue weighted by atomic mass is 16.2. The number of allylic oxidation sites excluding steroid dienone is 5. The number of aliphatic hydroxyl groups is 1. The fourth-order valence-corrected chi connectivity index (χ4v) is 3.26.